The molecule has 0 fully saturated rings. The Morgan fingerprint density at radius 1 is 1.16 bits per heavy atom. The quantitative estimate of drug-likeness (QED) is 0.207. The van der Waals surface area contributed by atoms with E-state index in [0.29, 0.717) is 41.4 Å². The van der Waals surface area contributed by atoms with E-state index in [0.717, 1.165) is 5.56 Å². The molecule has 12 heteroatoms. The molecule has 0 unspecified atom stereocenters. The van der Waals surface area contributed by atoms with E-state index in [1.54, 1.807) is 38.2 Å². The molecule has 202 valence electrons. The average molecular weight is 527 g/mol. The summed E-state index contributed by atoms with van der Waals surface area (Å²) in [7, 11) is 0. The number of anilines is 3. The Morgan fingerprint density at radius 3 is 2.61 bits per heavy atom. The van der Waals surface area contributed by atoms with E-state index in [2.05, 4.69) is 40.9 Å². The number of H-pyrrole nitrogens is 1. The molecular formula is C26H32F2N8O2. The number of amides is 1. The number of nitrogens with zero attached hydrogens (tertiary/aromatic N) is 4. The van der Waals surface area contributed by atoms with Crippen LogP contribution in [0.5, 0.6) is 0 Å². The number of nitrogens with one attached hydrogen (secondary N) is 4. The molecular weight excluding hydrogens is 494 g/mol. The molecule has 0 aliphatic rings. The summed E-state index contributed by atoms with van der Waals surface area (Å²) in [6, 6.07) is 7.63. The molecule has 0 atom stereocenters. The molecule has 5 N–H and O–H groups in total. The van der Waals surface area contributed by atoms with E-state index < -0.39 is 12.0 Å². The van der Waals surface area contributed by atoms with Gasteiger partial charge in [0, 0.05) is 44.2 Å². The van der Waals surface area contributed by atoms with Gasteiger partial charge in [0.05, 0.1) is 11.0 Å². The number of hydrogen-bond acceptors (Lipinski definition) is 8. The molecule has 4 aromatic rings. The van der Waals surface area contributed by atoms with Crippen molar-refractivity contribution in [3.8, 4) is 11.5 Å². The van der Waals surface area contributed by atoms with E-state index in [1.165, 1.54) is 25.3 Å². The van der Waals surface area contributed by atoms with Gasteiger partial charge in [-0.3, -0.25) is 4.79 Å². The third-order valence-electron chi connectivity index (χ3n) is 5.04. The summed E-state index contributed by atoms with van der Waals surface area (Å²) in [6.45, 7) is 9.56. The van der Waals surface area contributed by atoms with Crippen molar-refractivity contribution in [1.29, 1.82) is 0 Å². The number of alkyl halides is 2. The number of carbonyl (C=O) groups is 1. The second-order valence-electron chi connectivity index (χ2n) is 8.83. The molecule has 0 bridgehead atoms. The molecule has 0 saturated heterocycles. The van der Waals surface area contributed by atoms with Gasteiger partial charge in [-0.2, -0.15) is 0 Å². The van der Waals surface area contributed by atoms with E-state index >= 15 is 0 Å². The van der Waals surface area contributed by atoms with Crippen molar-refractivity contribution in [1.82, 2.24) is 30.2 Å². The van der Waals surface area contributed by atoms with Crippen molar-refractivity contribution >= 4 is 34.3 Å². The smallest absolute Gasteiger partial charge is 0.280 e. The van der Waals surface area contributed by atoms with Crippen LogP contribution in [0.25, 0.3) is 22.6 Å². The van der Waals surface area contributed by atoms with Gasteiger partial charge in [0.2, 0.25) is 5.91 Å². The monoisotopic (exact) mass is 526 g/mol. The zero-order chi connectivity index (χ0) is 27.9. The normalized spacial score (nSPS) is 11.3. The molecule has 0 saturated carbocycles. The lowest BCUT2D eigenvalue weighted by atomic mass is 10.1. The molecule has 0 aliphatic heterocycles. The van der Waals surface area contributed by atoms with E-state index in [9.17, 15) is 18.7 Å². The number of carbonyl (C=O) groups excluding carboxylic acids is 1. The molecule has 4 rings (SSSR count). The number of aliphatic hydroxyl groups is 1. The summed E-state index contributed by atoms with van der Waals surface area (Å²) in [5.74, 6) is 0.648. The van der Waals surface area contributed by atoms with Crippen LogP contribution in [0.2, 0.25) is 0 Å². The molecule has 0 aliphatic carbocycles. The Labute approximate surface area is 219 Å². The number of rotatable bonds is 9. The molecule has 0 aromatic carbocycles. The maximum absolute atomic E-state index is 13.2. The van der Waals surface area contributed by atoms with Crippen molar-refractivity contribution in [2.45, 2.75) is 53.2 Å². The van der Waals surface area contributed by atoms with Gasteiger partial charge in [-0.15, -0.1) is 0 Å². The van der Waals surface area contributed by atoms with E-state index in [1.807, 2.05) is 13.8 Å². The summed E-state index contributed by atoms with van der Waals surface area (Å²) in [5.41, 5.74) is 0.822. The summed E-state index contributed by atoms with van der Waals surface area (Å²) in [5, 5.41) is 19.7. The van der Waals surface area contributed by atoms with Gasteiger partial charge in [0.1, 0.15) is 28.7 Å². The lowest BCUT2D eigenvalue weighted by Gasteiger charge is -2.17. The van der Waals surface area contributed by atoms with Crippen LogP contribution in [-0.4, -0.2) is 48.1 Å². The van der Waals surface area contributed by atoms with Crippen LogP contribution >= 0.6 is 0 Å². The fraction of sp³-hybridized carbons (Fsp3) is 0.346. The highest BCUT2D eigenvalue weighted by Crippen LogP contribution is 2.30. The number of pyridine rings is 2. The van der Waals surface area contributed by atoms with Crippen molar-refractivity contribution < 1.29 is 18.7 Å². The lowest BCUT2D eigenvalue weighted by molar-refractivity contribution is -0.114. The largest absolute Gasteiger partial charge is 0.389 e. The highest BCUT2D eigenvalue weighted by molar-refractivity contribution is 5.94. The van der Waals surface area contributed by atoms with E-state index in [4.69, 9.17) is 0 Å². The zero-order valence-electron chi connectivity index (χ0n) is 21.9. The first-order chi connectivity index (χ1) is 18.1. The molecule has 4 aromatic heterocycles. The van der Waals surface area contributed by atoms with Crippen LogP contribution in [0, 0.1) is 0 Å². The molecule has 4 heterocycles. The summed E-state index contributed by atoms with van der Waals surface area (Å²) < 4.78 is 26.5. The maximum Gasteiger partial charge on any atom is 0.280 e. The maximum atomic E-state index is 13.2. The van der Waals surface area contributed by atoms with Gasteiger partial charge in [-0.25, -0.2) is 28.7 Å². The van der Waals surface area contributed by atoms with Crippen molar-refractivity contribution in [2.75, 3.05) is 17.2 Å². The van der Waals surface area contributed by atoms with Gasteiger partial charge in [-0.1, -0.05) is 19.9 Å². The number of hydrogen-bond donors (Lipinski definition) is 5. The Bertz CT molecular complexity index is 1390. The number of fused-ring (bicyclic) bond motifs is 1. The van der Waals surface area contributed by atoms with Gasteiger partial charge < -0.3 is 26.0 Å². The molecule has 10 nitrogen and oxygen atoms in total. The first-order valence-corrected chi connectivity index (χ1v) is 12.2. The first-order valence-electron chi connectivity index (χ1n) is 12.2. The summed E-state index contributed by atoms with van der Waals surface area (Å²) >= 11 is 0. The van der Waals surface area contributed by atoms with Crippen LogP contribution in [0.1, 0.15) is 52.3 Å². The molecule has 0 spiro atoms. The molecule has 1 amide bonds. The average Bonchev–Trinajstić information content (AvgIpc) is 3.27. The standard InChI is InChI=1S/C24H26F2N8O2.C2H6/c1-13(35)30-18-9-15(7-8-28-18)31-23-19-14(10-27-12-24(2,3)36)11-29-22(19)33-21(34-23)17-6-4-5-16(32-17)20(25)26;1-2/h4-9,11,20,27,36H,10,12H2,1-3H3,(H3,28,29,30,31,33,34,35);1-2H3. The zero-order valence-corrected chi connectivity index (χ0v) is 21.9. The third kappa shape index (κ3) is 7.49. The van der Waals surface area contributed by atoms with Crippen molar-refractivity contribution in [3.05, 3.63) is 54.0 Å². The van der Waals surface area contributed by atoms with Crippen molar-refractivity contribution in [2.24, 2.45) is 0 Å². The number of aromatic amines is 1. The number of aromatic nitrogens is 5. The molecule has 38 heavy (non-hydrogen) atoms. The first kappa shape index (κ1) is 28.5. The Morgan fingerprint density at radius 2 is 1.92 bits per heavy atom. The Balaban J connectivity index is 0.00000195. The van der Waals surface area contributed by atoms with Gasteiger partial charge >= 0.3 is 0 Å². The van der Waals surface area contributed by atoms with Crippen LogP contribution in [0.3, 0.4) is 0 Å². The van der Waals surface area contributed by atoms with Gasteiger partial charge in [0.15, 0.2) is 5.82 Å². The van der Waals surface area contributed by atoms with E-state index in [-0.39, 0.29) is 23.1 Å². The SMILES string of the molecule is CC.CC(=O)Nc1cc(Nc2nc(-c3cccc(C(F)F)n3)nc3[nH]cc(CNCC(C)(C)O)c23)ccn1. The van der Waals surface area contributed by atoms with Gasteiger partial charge in [-0.05, 0) is 37.6 Å². The van der Waals surface area contributed by atoms with Crippen LogP contribution < -0.4 is 16.0 Å². The third-order valence-corrected chi connectivity index (χ3v) is 5.04. The predicted octanol–water partition coefficient (Wildman–Crippen LogP) is 4.94. The van der Waals surface area contributed by atoms with Gasteiger partial charge in [0.25, 0.3) is 6.43 Å². The minimum absolute atomic E-state index is 0.154. The minimum atomic E-state index is -2.73. The second-order valence-corrected chi connectivity index (χ2v) is 8.83. The minimum Gasteiger partial charge on any atom is -0.389 e. The Hall–Kier alpha value is -4.03. The predicted molar refractivity (Wildman–Crippen MR) is 143 cm³/mol. The van der Waals surface area contributed by atoms with Crippen LogP contribution in [0.15, 0.2) is 42.7 Å². The van der Waals surface area contributed by atoms with Crippen LogP contribution in [-0.2, 0) is 11.3 Å². The topological polar surface area (TPSA) is 141 Å². The fourth-order valence-electron chi connectivity index (χ4n) is 3.54. The number of halogens is 2. The summed E-state index contributed by atoms with van der Waals surface area (Å²) in [6.07, 6.45) is 0.572. The highest BCUT2D eigenvalue weighted by Gasteiger charge is 2.18. The van der Waals surface area contributed by atoms with Crippen LogP contribution in [0.4, 0.5) is 26.1 Å². The lowest BCUT2D eigenvalue weighted by Crippen LogP contribution is -2.34. The van der Waals surface area contributed by atoms with Crippen molar-refractivity contribution in [3.63, 3.8) is 0 Å². The Kier molecular flexibility index (Phi) is 9.37. The second kappa shape index (κ2) is 12.5. The summed E-state index contributed by atoms with van der Waals surface area (Å²) in [4.78, 5) is 31.8. The highest BCUT2D eigenvalue weighted by atomic mass is 19.3. The molecule has 0 radical (unpaired) electrons. The fourth-order valence-corrected chi connectivity index (χ4v) is 3.54.